The van der Waals surface area contributed by atoms with Crippen molar-refractivity contribution in [1.82, 2.24) is 10.2 Å². The van der Waals surface area contributed by atoms with Crippen LogP contribution >= 0.6 is 0 Å². The monoisotopic (exact) mass is 238 g/mol. The van der Waals surface area contributed by atoms with Gasteiger partial charge in [0.1, 0.15) is 0 Å². The molecule has 0 aromatic rings. The number of alkyl halides is 3. The molecule has 1 saturated heterocycles. The van der Waals surface area contributed by atoms with Crippen LogP contribution in [0.5, 0.6) is 0 Å². The van der Waals surface area contributed by atoms with Gasteiger partial charge in [-0.05, 0) is 51.4 Å². The van der Waals surface area contributed by atoms with Crippen LogP contribution in [0.1, 0.15) is 26.2 Å². The normalized spacial score (nSPS) is 20.2. The van der Waals surface area contributed by atoms with Gasteiger partial charge in [0.2, 0.25) is 0 Å². The maximum absolute atomic E-state index is 11.9. The van der Waals surface area contributed by atoms with Gasteiger partial charge in [0.25, 0.3) is 0 Å². The van der Waals surface area contributed by atoms with Crippen molar-refractivity contribution in [2.45, 2.75) is 32.4 Å². The maximum atomic E-state index is 11.9. The van der Waals surface area contributed by atoms with Gasteiger partial charge in [-0.15, -0.1) is 0 Å². The maximum Gasteiger partial charge on any atom is 0.401 e. The largest absolute Gasteiger partial charge is 0.401 e. The molecule has 1 rings (SSSR count). The number of rotatable bonds is 5. The number of halogens is 3. The average molecular weight is 238 g/mol. The Hall–Kier alpha value is -0.290. The Morgan fingerprint density at radius 2 is 1.88 bits per heavy atom. The molecular weight excluding hydrogens is 217 g/mol. The molecule has 0 unspecified atom stereocenters. The topological polar surface area (TPSA) is 15.3 Å². The summed E-state index contributed by atoms with van der Waals surface area (Å²) in [5, 5.41) is 2.50. The summed E-state index contributed by atoms with van der Waals surface area (Å²) in [6.07, 6.45) is -0.893. The number of likely N-dealkylation sites (tertiary alicyclic amines) is 1. The van der Waals surface area contributed by atoms with Crippen molar-refractivity contribution in [2.75, 3.05) is 32.7 Å². The number of hydrogen-bond acceptors (Lipinski definition) is 2. The molecule has 0 amide bonds. The zero-order valence-electron chi connectivity index (χ0n) is 9.82. The minimum absolute atomic E-state index is 0.412. The van der Waals surface area contributed by atoms with Crippen LogP contribution in [-0.4, -0.2) is 43.8 Å². The Balaban J connectivity index is 2.08. The van der Waals surface area contributed by atoms with E-state index in [-0.39, 0.29) is 0 Å². The quantitative estimate of drug-likeness (QED) is 0.790. The van der Waals surface area contributed by atoms with E-state index in [1.165, 1.54) is 0 Å². The fourth-order valence-corrected chi connectivity index (χ4v) is 2.15. The predicted octanol–water partition coefficient (Wildman–Crippen LogP) is 2.26. The molecule has 0 aromatic heterocycles. The summed E-state index contributed by atoms with van der Waals surface area (Å²) in [7, 11) is 0. The first kappa shape index (κ1) is 13.8. The first-order valence-corrected chi connectivity index (χ1v) is 6.01. The van der Waals surface area contributed by atoms with Gasteiger partial charge in [0, 0.05) is 0 Å². The molecule has 1 aliphatic heterocycles. The summed E-state index contributed by atoms with van der Waals surface area (Å²) in [6.45, 7) is 4.97. The van der Waals surface area contributed by atoms with Crippen molar-refractivity contribution in [1.29, 1.82) is 0 Å². The van der Waals surface area contributed by atoms with Crippen LogP contribution in [0.25, 0.3) is 0 Å². The van der Waals surface area contributed by atoms with Crippen molar-refractivity contribution in [2.24, 2.45) is 5.92 Å². The molecule has 1 heterocycles. The van der Waals surface area contributed by atoms with Crippen LogP contribution in [0, 0.1) is 5.92 Å². The van der Waals surface area contributed by atoms with Crippen LogP contribution < -0.4 is 5.32 Å². The van der Waals surface area contributed by atoms with Gasteiger partial charge >= 0.3 is 6.18 Å². The molecule has 1 aliphatic rings. The Labute approximate surface area is 95.2 Å². The Morgan fingerprint density at radius 1 is 1.25 bits per heavy atom. The molecule has 0 spiro atoms. The van der Waals surface area contributed by atoms with Crippen molar-refractivity contribution < 1.29 is 13.2 Å². The summed E-state index contributed by atoms with van der Waals surface area (Å²) in [5.41, 5.74) is 0. The third-order valence-corrected chi connectivity index (χ3v) is 3.01. The van der Waals surface area contributed by atoms with Crippen LogP contribution in [0.15, 0.2) is 0 Å². The number of nitrogens with zero attached hydrogens (tertiary/aromatic N) is 1. The van der Waals surface area contributed by atoms with Crippen molar-refractivity contribution in [3.63, 3.8) is 0 Å². The third-order valence-electron chi connectivity index (χ3n) is 3.01. The fourth-order valence-electron chi connectivity index (χ4n) is 2.15. The molecular formula is C11H21F3N2. The summed E-state index contributed by atoms with van der Waals surface area (Å²) in [6, 6.07) is 0. The van der Waals surface area contributed by atoms with Gasteiger partial charge in [0.15, 0.2) is 0 Å². The Morgan fingerprint density at radius 3 is 2.38 bits per heavy atom. The lowest BCUT2D eigenvalue weighted by molar-refractivity contribution is -0.125. The second-order valence-electron chi connectivity index (χ2n) is 4.53. The molecule has 2 nitrogen and oxygen atoms in total. The molecule has 96 valence electrons. The molecule has 0 radical (unpaired) electrons. The molecule has 1 fully saturated rings. The van der Waals surface area contributed by atoms with E-state index in [1.807, 2.05) is 0 Å². The summed E-state index contributed by atoms with van der Waals surface area (Å²) >= 11 is 0. The van der Waals surface area contributed by atoms with Crippen LogP contribution in [0.2, 0.25) is 0 Å². The Bertz CT molecular complexity index is 186. The minimum Gasteiger partial charge on any atom is -0.308 e. The van der Waals surface area contributed by atoms with Crippen molar-refractivity contribution >= 4 is 0 Å². The molecule has 0 atom stereocenters. The van der Waals surface area contributed by atoms with Gasteiger partial charge in [-0.25, -0.2) is 0 Å². The van der Waals surface area contributed by atoms with Gasteiger partial charge < -0.3 is 10.2 Å². The lowest BCUT2D eigenvalue weighted by atomic mass is 9.97. The van der Waals surface area contributed by atoms with Gasteiger partial charge in [-0.3, -0.25) is 0 Å². The van der Waals surface area contributed by atoms with Crippen LogP contribution in [-0.2, 0) is 0 Å². The molecule has 5 heteroatoms. The lowest BCUT2D eigenvalue weighted by Crippen LogP contribution is -2.39. The highest BCUT2D eigenvalue weighted by atomic mass is 19.4. The minimum atomic E-state index is -4.08. The molecule has 0 aliphatic carbocycles. The second-order valence-corrected chi connectivity index (χ2v) is 4.53. The van der Waals surface area contributed by atoms with Crippen LogP contribution in [0.4, 0.5) is 13.2 Å². The van der Waals surface area contributed by atoms with E-state index in [1.54, 1.807) is 0 Å². The first-order valence-electron chi connectivity index (χ1n) is 6.01. The second kappa shape index (κ2) is 6.45. The fraction of sp³-hybridized carbons (Fsp3) is 1.00. The zero-order valence-corrected chi connectivity index (χ0v) is 9.82. The first-order chi connectivity index (χ1) is 7.51. The summed E-state index contributed by atoms with van der Waals surface area (Å²) in [5.74, 6) is 0.412. The number of hydrogen-bond donors (Lipinski definition) is 1. The van der Waals surface area contributed by atoms with E-state index in [2.05, 4.69) is 17.1 Å². The SMILES string of the molecule is CCCN1CCC(CNCC(F)(F)F)CC1. The Kier molecular flexibility index (Phi) is 5.55. The number of piperidine rings is 1. The predicted molar refractivity (Wildman–Crippen MR) is 58.4 cm³/mol. The summed E-state index contributed by atoms with van der Waals surface area (Å²) < 4.78 is 35.7. The summed E-state index contributed by atoms with van der Waals surface area (Å²) in [4.78, 5) is 2.39. The van der Waals surface area contributed by atoms with Gasteiger partial charge in [-0.2, -0.15) is 13.2 Å². The average Bonchev–Trinajstić information content (AvgIpc) is 2.19. The van der Waals surface area contributed by atoms with Gasteiger partial charge in [0.05, 0.1) is 6.54 Å². The highest BCUT2D eigenvalue weighted by molar-refractivity contribution is 4.74. The van der Waals surface area contributed by atoms with Crippen molar-refractivity contribution in [3.8, 4) is 0 Å². The van der Waals surface area contributed by atoms with Crippen LogP contribution in [0.3, 0.4) is 0 Å². The highest BCUT2D eigenvalue weighted by Crippen LogP contribution is 2.17. The van der Waals surface area contributed by atoms with E-state index >= 15 is 0 Å². The van der Waals surface area contributed by atoms with E-state index < -0.39 is 12.7 Å². The van der Waals surface area contributed by atoms with Gasteiger partial charge in [-0.1, -0.05) is 6.92 Å². The standard InChI is InChI=1S/C11H21F3N2/c1-2-5-16-6-3-10(4-7-16)8-15-9-11(12,13)14/h10,15H,2-9H2,1H3. The van der Waals surface area contributed by atoms with E-state index in [0.29, 0.717) is 12.5 Å². The zero-order chi connectivity index (χ0) is 12.0. The van der Waals surface area contributed by atoms with Crippen molar-refractivity contribution in [3.05, 3.63) is 0 Å². The number of nitrogens with one attached hydrogen (secondary N) is 1. The molecule has 1 N–H and O–H groups in total. The molecule has 16 heavy (non-hydrogen) atoms. The third kappa shape index (κ3) is 5.70. The molecule has 0 aromatic carbocycles. The van der Waals surface area contributed by atoms with E-state index in [0.717, 1.165) is 38.9 Å². The smallest absolute Gasteiger partial charge is 0.308 e. The molecule has 0 saturated carbocycles. The van der Waals surface area contributed by atoms with E-state index in [9.17, 15) is 13.2 Å². The van der Waals surface area contributed by atoms with E-state index in [4.69, 9.17) is 0 Å². The molecule has 0 bridgehead atoms. The lowest BCUT2D eigenvalue weighted by Gasteiger charge is -2.31. The highest BCUT2D eigenvalue weighted by Gasteiger charge is 2.27.